The number of benzene rings is 2. The van der Waals surface area contributed by atoms with Gasteiger partial charge in [0.15, 0.2) is 6.20 Å². The van der Waals surface area contributed by atoms with Gasteiger partial charge in [-0.25, -0.2) is 4.90 Å². The van der Waals surface area contributed by atoms with Gasteiger partial charge in [-0.2, -0.15) is 0 Å². The fraction of sp³-hybridized carbons (Fsp3) is 0.487. The summed E-state index contributed by atoms with van der Waals surface area (Å²) in [6.45, 7) is 4.98. The molecule has 0 N–H and O–H groups in total. The van der Waals surface area contributed by atoms with Crippen LogP contribution in [0.25, 0.3) is 0 Å². The number of aliphatic imine (C=N–C) groups is 1. The molecule has 240 valence electrons. The Morgan fingerprint density at radius 1 is 0.867 bits per heavy atom. The number of unbranched alkanes of at least 4 members (excludes halogenated alkanes) is 13. The summed E-state index contributed by atoms with van der Waals surface area (Å²) in [7, 11) is 0. The van der Waals surface area contributed by atoms with Gasteiger partial charge in [-0.3, -0.25) is 4.79 Å². The molecule has 2 heterocycles. The monoisotopic (exact) mass is 628 g/mol. The second kappa shape index (κ2) is 19.2. The molecule has 1 amide bonds. The highest BCUT2D eigenvalue weighted by Gasteiger charge is 2.28. The second-order valence-electron chi connectivity index (χ2n) is 12.3. The number of anilines is 1. The molecular formula is C39H51ClN3O2+. The summed E-state index contributed by atoms with van der Waals surface area (Å²) < 4.78 is 6.01. The Labute approximate surface area is 276 Å². The molecule has 2 aromatic carbocycles. The molecule has 0 saturated carbocycles. The van der Waals surface area contributed by atoms with Crippen LogP contribution in [-0.4, -0.2) is 23.2 Å². The van der Waals surface area contributed by atoms with E-state index in [1.807, 2.05) is 59.7 Å². The second-order valence-corrected chi connectivity index (χ2v) is 12.7. The SMILES string of the molecule is CCCCCCCCCCCCCCCCOc1ccc(CN(C(C)=O)c2cccc(CC3=N[C+]=C4C=CC=CN43)c2)cc1Cl. The summed E-state index contributed by atoms with van der Waals surface area (Å²) >= 11 is 6.62. The molecular weight excluding hydrogens is 578 g/mol. The molecule has 0 fully saturated rings. The van der Waals surface area contributed by atoms with Gasteiger partial charge in [-0.15, -0.1) is 0 Å². The lowest BCUT2D eigenvalue weighted by Crippen LogP contribution is -2.28. The number of fused-ring (bicyclic) bond motifs is 1. The number of amidine groups is 1. The summed E-state index contributed by atoms with van der Waals surface area (Å²) in [5.41, 5.74) is 3.82. The van der Waals surface area contributed by atoms with E-state index in [2.05, 4.69) is 30.2 Å². The fourth-order valence-electron chi connectivity index (χ4n) is 5.88. The zero-order valence-corrected chi connectivity index (χ0v) is 28.2. The molecule has 0 spiro atoms. The number of halogens is 1. The number of hydrogen-bond donors (Lipinski definition) is 0. The molecule has 0 bridgehead atoms. The Kier molecular flexibility index (Phi) is 14.7. The van der Waals surface area contributed by atoms with Gasteiger partial charge in [0.2, 0.25) is 17.4 Å². The van der Waals surface area contributed by atoms with Crippen molar-refractivity contribution in [2.45, 2.75) is 117 Å². The average molecular weight is 629 g/mol. The maximum Gasteiger partial charge on any atom is 0.247 e. The molecule has 2 aromatic rings. The topological polar surface area (TPSA) is 45.1 Å². The first-order valence-corrected chi connectivity index (χ1v) is 17.5. The van der Waals surface area contributed by atoms with Gasteiger partial charge in [0, 0.05) is 18.8 Å². The van der Waals surface area contributed by atoms with E-state index < -0.39 is 0 Å². The molecule has 45 heavy (non-hydrogen) atoms. The van der Waals surface area contributed by atoms with Crippen LogP contribution in [0.15, 0.2) is 77.6 Å². The maximum absolute atomic E-state index is 12.7. The maximum atomic E-state index is 12.7. The van der Waals surface area contributed by atoms with E-state index in [0.29, 0.717) is 30.3 Å². The van der Waals surface area contributed by atoms with E-state index in [9.17, 15) is 4.79 Å². The quantitative estimate of drug-likeness (QED) is 0.102. The predicted molar refractivity (Wildman–Crippen MR) is 189 cm³/mol. The molecule has 0 unspecified atom stereocenters. The van der Waals surface area contributed by atoms with Crippen LogP contribution in [0, 0.1) is 6.20 Å². The highest BCUT2D eigenvalue weighted by molar-refractivity contribution is 6.32. The lowest BCUT2D eigenvalue weighted by atomic mass is 10.0. The lowest BCUT2D eigenvalue weighted by molar-refractivity contribution is -0.116. The van der Waals surface area contributed by atoms with Crippen molar-refractivity contribution in [3.8, 4) is 5.75 Å². The third kappa shape index (κ3) is 11.5. The van der Waals surface area contributed by atoms with Crippen LogP contribution in [0.5, 0.6) is 5.75 Å². The van der Waals surface area contributed by atoms with Crippen LogP contribution in [-0.2, 0) is 17.8 Å². The largest absolute Gasteiger partial charge is 0.492 e. The Bertz CT molecular complexity index is 1350. The standard InChI is InChI=1S/C39H51ClN3O2/c1-3-4-5-6-7-8-9-10-11-12-13-14-15-18-26-45-38-24-23-34(28-37(38)40)31-43(32(2)44)35-22-19-20-33(27-35)29-39-41-30-36-21-16-17-25-42(36)39/h16-17,19-25,27-28H,3-15,18,26,29,31H2,1-2H3/q+1. The van der Waals surface area contributed by atoms with E-state index >= 15 is 0 Å². The van der Waals surface area contributed by atoms with Crippen molar-refractivity contribution < 1.29 is 9.53 Å². The van der Waals surface area contributed by atoms with Gasteiger partial charge in [0.25, 0.3) is 0 Å². The Morgan fingerprint density at radius 2 is 1.56 bits per heavy atom. The molecule has 0 aromatic heterocycles. The summed E-state index contributed by atoms with van der Waals surface area (Å²) in [4.78, 5) is 21.0. The van der Waals surface area contributed by atoms with E-state index in [-0.39, 0.29) is 5.91 Å². The summed E-state index contributed by atoms with van der Waals surface area (Å²) in [5, 5.41) is 0.581. The van der Waals surface area contributed by atoms with Crippen LogP contribution in [0.2, 0.25) is 5.02 Å². The Morgan fingerprint density at radius 3 is 2.22 bits per heavy atom. The number of hydrogen-bond acceptors (Lipinski definition) is 4. The van der Waals surface area contributed by atoms with Crippen LogP contribution in [0.4, 0.5) is 5.69 Å². The number of rotatable bonds is 21. The van der Waals surface area contributed by atoms with Gasteiger partial charge in [-0.05, 0) is 54.0 Å². The first-order chi connectivity index (χ1) is 22.0. The Hall–Kier alpha value is -3.40. The Balaban J connectivity index is 1.15. The average Bonchev–Trinajstić information content (AvgIpc) is 3.45. The van der Waals surface area contributed by atoms with Crippen LogP contribution >= 0.6 is 11.6 Å². The molecule has 0 radical (unpaired) electrons. The van der Waals surface area contributed by atoms with Crippen molar-refractivity contribution in [1.29, 1.82) is 0 Å². The van der Waals surface area contributed by atoms with Crippen molar-refractivity contribution in [3.05, 3.63) is 94.9 Å². The zero-order valence-electron chi connectivity index (χ0n) is 27.4. The zero-order chi connectivity index (χ0) is 31.7. The third-order valence-corrected chi connectivity index (χ3v) is 8.79. The van der Waals surface area contributed by atoms with Crippen molar-refractivity contribution in [1.82, 2.24) is 4.90 Å². The highest BCUT2D eigenvalue weighted by atomic mass is 35.5. The van der Waals surface area contributed by atoms with E-state index in [4.69, 9.17) is 16.3 Å². The van der Waals surface area contributed by atoms with Crippen molar-refractivity contribution in [3.63, 3.8) is 0 Å². The van der Waals surface area contributed by atoms with Gasteiger partial charge < -0.3 is 9.64 Å². The van der Waals surface area contributed by atoms with E-state index in [1.54, 1.807) is 11.8 Å². The fourth-order valence-corrected chi connectivity index (χ4v) is 6.14. The van der Waals surface area contributed by atoms with E-state index in [1.165, 1.54) is 83.5 Å². The first kappa shape index (κ1) is 34.5. The number of amides is 1. The van der Waals surface area contributed by atoms with Gasteiger partial charge in [0.1, 0.15) is 5.75 Å². The first-order valence-electron chi connectivity index (χ1n) is 17.2. The summed E-state index contributed by atoms with van der Waals surface area (Å²) in [5.74, 6) is 1.59. The number of ether oxygens (including phenoxy) is 1. The highest BCUT2D eigenvalue weighted by Crippen LogP contribution is 2.28. The van der Waals surface area contributed by atoms with Gasteiger partial charge in [-0.1, -0.05) is 125 Å². The van der Waals surface area contributed by atoms with Crippen molar-refractivity contribution in [2.24, 2.45) is 4.99 Å². The number of nitrogens with zero attached hydrogens (tertiary/aromatic N) is 3. The molecule has 2 aliphatic rings. The minimum Gasteiger partial charge on any atom is -0.492 e. The van der Waals surface area contributed by atoms with Crippen LogP contribution < -0.4 is 9.64 Å². The van der Waals surface area contributed by atoms with Gasteiger partial charge >= 0.3 is 0 Å². The molecule has 0 aliphatic carbocycles. The molecule has 0 atom stereocenters. The predicted octanol–water partition coefficient (Wildman–Crippen LogP) is 10.7. The molecule has 4 rings (SSSR count). The molecule has 5 nitrogen and oxygen atoms in total. The third-order valence-electron chi connectivity index (χ3n) is 8.49. The molecule has 6 heteroatoms. The van der Waals surface area contributed by atoms with Crippen molar-refractivity contribution in [2.75, 3.05) is 11.5 Å². The van der Waals surface area contributed by atoms with Crippen molar-refractivity contribution >= 4 is 29.0 Å². The van der Waals surface area contributed by atoms with Crippen LogP contribution in [0.3, 0.4) is 0 Å². The van der Waals surface area contributed by atoms with Gasteiger partial charge in [0.05, 0.1) is 30.7 Å². The smallest absolute Gasteiger partial charge is 0.247 e. The minimum atomic E-state index is -0.0269. The van der Waals surface area contributed by atoms with Crippen LogP contribution in [0.1, 0.15) is 115 Å². The number of allylic oxidation sites excluding steroid dienone is 3. The normalized spacial score (nSPS) is 13.4. The summed E-state index contributed by atoms with van der Waals surface area (Å²) in [6.07, 6.45) is 30.4. The van der Waals surface area contributed by atoms with E-state index in [0.717, 1.165) is 34.8 Å². The molecule has 2 aliphatic heterocycles. The summed E-state index contributed by atoms with van der Waals surface area (Å²) in [6, 6.07) is 13.9. The molecule has 0 saturated heterocycles. The number of carbonyl (C=O) groups is 1. The lowest BCUT2D eigenvalue weighted by Gasteiger charge is -2.22. The minimum absolute atomic E-state index is 0.0269. The number of carbonyl (C=O) groups excluding carboxylic acids is 1.